The van der Waals surface area contributed by atoms with Crippen molar-refractivity contribution in [3.8, 4) is 0 Å². The van der Waals surface area contributed by atoms with Gasteiger partial charge in [0, 0.05) is 11.6 Å². The van der Waals surface area contributed by atoms with E-state index in [0.717, 1.165) is 6.42 Å². The molecule has 0 bridgehead atoms. The molecule has 4 unspecified atom stereocenters. The molecule has 4 atom stereocenters. The molecule has 2 rings (SSSR count). The van der Waals surface area contributed by atoms with Gasteiger partial charge >= 0.3 is 5.97 Å². The predicted molar refractivity (Wildman–Crippen MR) is 92.3 cm³/mol. The molecule has 1 aliphatic carbocycles. The average molecular weight is 351 g/mol. The summed E-state index contributed by atoms with van der Waals surface area (Å²) in [4.78, 5) is 38.8. The van der Waals surface area contributed by atoms with Gasteiger partial charge in [-0.15, -0.1) is 0 Å². The maximum absolute atomic E-state index is 12.9. The highest BCUT2D eigenvalue weighted by Gasteiger charge is 2.50. The van der Waals surface area contributed by atoms with Crippen molar-refractivity contribution >= 4 is 17.7 Å². The summed E-state index contributed by atoms with van der Waals surface area (Å²) in [6, 6.07) is -0.766. The van der Waals surface area contributed by atoms with Gasteiger partial charge in [-0.3, -0.25) is 14.5 Å². The van der Waals surface area contributed by atoms with E-state index in [1.165, 1.54) is 11.1 Å². The fourth-order valence-electron chi connectivity index (χ4n) is 4.01. The zero-order valence-electron chi connectivity index (χ0n) is 15.5. The van der Waals surface area contributed by atoms with Crippen molar-refractivity contribution in [2.45, 2.75) is 65.5 Å². The Labute approximate surface area is 149 Å². The van der Waals surface area contributed by atoms with E-state index in [4.69, 9.17) is 4.74 Å². The molecule has 25 heavy (non-hydrogen) atoms. The fraction of sp³-hybridized carbons (Fsp3) is 0.737. The van der Waals surface area contributed by atoms with E-state index >= 15 is 0 Å². The highest BCUT2D eigenvalue weighted by atomic mass is 16.5. The quantitative estimate of drug-likeness (QED) is 0.585. The number of hydrogen-bond donors (Lipinski definition) is 1. The molecule has 1 fully saturated rings. The molecule has 1 amide bonds. The van der Waals surface area contributed by atoms with Gasteiger partial charge in [-0.2, -0.15) is 0 Å². The molecule has 0 aromatic carbocycles. The number of nitrogens with zero attached hydrogens (tertiary/aromatic N) is 1. The zero-order chi connectivity index (χ0) is 18.8. The number of amides is 1. The van der Waals surface area contributed by atoms with E-state index in [-0.39, 0.29) is 18.9 Å². The Kier molecular flexibility index (Phi) is 6.03. The van der Waals surface area contributed by atoms with Crippen LogP contribution in [0, 0.1) is 17.3 Å². The standard InChI is InChI=1S/C19H29NO5/c1-5-25-18(24)14-7-6-8-20(14)17(23)16(22)19(4)10-13(9-12(2)3)15(21)11-19/h6,8,12-15,21H,5,7,9-11H2,1-4H3. The highest BCUT2D eigenvalue weighted by Crippen LogP contribution is 2.45. The van der Waals surface area contributed by atoms with E-state index in [9.17, 15) is 19.5 Å². The van der Waals surface area contributed by atoms with Gasteiger partial charge in [0.2, 0.25) is 5.78 Å². The molecule has 1 N–H and O–H groups in total. The van der Waals surface area contributed by atoms with E-state index in [2.05, 4.69) is 13.8 Å². The third-order valence-corrected chi connectivity index (χ3v) is 5.19. The lowest BCUT2D eigenvalue weighted by Gasteiger charge is -2.27. The number of carbonyl (C=O) groups is 3. The van der Waals surface area contributed by atoms with Crippen LogP contribution in [0.3, 0.4) is 0 Å². The van der Waals surface area contributed by atoms with Crippen molar-refractivity contribution in [3.63, 3.8) is 0 Å². The fourth-order valence-corrected chi connectivity index (χ4v) is 4.01. The lowest BCUT2D eigenvalue weighted by atomic mass is 9.81. The summed E-state index contributed by atoms with van der Waals surface area (Å²) < 4.78 is 4.99. The summed E-state index contributed by atoms with van der Waals surface area (Å²) in [5.74, 6) is -1.27. The average Bonchev–Trinajstić information content (AvgIpc) is 3.11. The predicted octanol–water partition coefficient (Wildman–Crippen LogP) is 2.06. The molecule has 0 aromatic heterocycles. The molecule has 0 aromatic rings. The van der Waals surface area contributed by atoms with Crippen LogP contribution in [-0.4, -0.2) is 46.4 Å². The lowest BCUT2D eigenvalue weighted by Crippen LogP contribution is -2.46. The number of rotatable bonds is 6. The van der Waals surface area contributed by atoms with Gasteiger partial charge in [0.1, 0.15) is 6.04 Å². The van der Waals surface area contributed by atoms with Crippen LogP contribution in [-0.2, 0) is 19.1 Å². The minimum atomic E-state index is -0.883. The molecule has 0 spiro atoms. The molecular formula is C19H29NO5. The Morgan fingerprint density at radius 3 is 2.60 bits per heavy atom. The first-order valence-corrected chi connectivity index (χ1v) is 9.08. The summed E-state index contributed by atoms with van der Waals surface area (Å²) in [7, 11) is 0. The number of ketones is 1. The van der Waals surface area contributed by atoms with Gasteiger partial charge in [0.25, 0.3) is 5.91 Å². The normalized spacial score (nSPS) is 31.6. The van der Waals surface area contributed by atoms with Crippen LogP contribution in [0.1, 0.15) is 53.4 Å². The molecule has 0 radical (unpaired) electrons. The zero-order valence-corrected chi connectivity index (χ0v) is 15.5. The largest absolute Gasteiger partial charge is 0.464 e. The second-order valence-electron chi connectivity index (χ2n) is 7.86. The Bertz CT molecular complexity index is 570. The minimum absolute atomic E-state index is 0.0247. The molecule has 6 heteroatoms. The molecule has 0 saturated heterocycles. The van der Waals surface area contributed by atoms with Crippen LogP contribution in [0.2, 0.25) is 0 Å². The number of aliphatic hydroxyl groups is 1. The van der Waals surface area contributed by atoms with Crippen molar-refractivity contribution < 1.29 is 24.2 Å². The molecule has 1 saturated carbocycles. The molecular weight excluding hydrogens is 322 g/mol. The van der Waals surface area contributed by atoms with Crippen molar-refractivity contribution in [2.24, 2.45) is 17.3 Å². The Balaban J connectivity index is 2.10. The summed E-state index contributed by atoms with van der Waals surface area (Å²) in [6.07, 6.45) is 4.58. The van der Waals surface area contributed by atoms with Gasteiger partial charge in [-0.1, -0.05) is 26.8 Å². The van der Waals surface area contributed by atoms with Crippen molar-refractivity contribution in [1.82, 2.24) is 4.90 Å². The number of hydrogen-bond acceptors (Lipinski definition) is 5. The van der Waals surface area contributed by atoms with Crippen molar-refractivity contribution in [2.75, 3.05) is 6.61 Å². The Morgan fingerprint density at radius 1 is 1.32 bits per heavy atom. The summed E-state index contributed by atoms with van der Waals surface area (Å²) in [6.45, 7) is 7.83. The van der Waals surface area contributed by atoms with E-state index in [1.807, 2.05) is 0 Å². The SMILES string of the molecule is CCOC(=O)C1CC=CN1C(=O)C(=O)C1(C)CC(O)C(CC(C)C)C1. The first-order valence-electron chi connectivity index (χ1n) is 9.08. The molecule has 6 nitrogen and oxygen atoms in total. The minimum Gasteiger partial charge on any atom is -0.464 e. The van der Waals surface area contributed by atoms with Crippen molar-refractivity contribution in [1.29, 1.82) is 0 Å². The first-order chi connectivity index (χ1) is 11.7. The Hall–Kier alpha value is -1.69. The third-order valence-electron chi connectivity index (χ3n) is 5.19. The molecule has 1 heterocycles. The Morgan fingerprint density at radius 2 is 2.00 bits per heavy atom. The number of Topliss-reactive ketones (excluding diaryl/α,β-unsaturated/α-hetero) is 1. The summed E-state index contributed by atoms with van der Waals surface area (Å²) in [5.41, 5.74) is -0.883. The maximum Gasteiger partial charge on any atom is 0.329 e. The van der Waals surface area contributed by atoms with Gasteiger partial charge in [-0.05, 0) is 44.4 Å². The number of aliphatic hydroxyl groups excluding tert-OH is 1. The van der Waals surface area contributed by atoms with Crippen molar-refractivity contribution in [3.05, 3.63) is 12.3 Å². The highest BCUT2D eigenvalue weighted by molar-refractivity contribution is 6.38. The summed E-state index contributed by atoms with van der Waals surface area (Å²) >= 11 is 0. The van der Waals surface area contributed by atoms with E-state index < -0.39 is 35.2 Å². The van der Waals surface area contributed by atoms with Crippen LogP contribution >= 0.6 is 0 Å². The van der Waals surface area contributed by atoms with Gasteiger partial charge in [-0.25, -0.2) is 4.79 Å². The van der Waals surface area contributed by atoms with E-state index in [1.54, 1.807) is 19.9 Å². The second kappa shape index (κ2) is 7.68. The molecule has 1 aliphatic heterocycles. The maximum atomic E-state index is 12.9. The third kappa shape index (κ3) is 4.11. The van der Waals surface area contributed by atoms with Gasteiger partial charge < -0.3 is 9.84 Å². The van der Waals surface area contributed by atoms with Gasteiger partial charge in [0.05, 0.1) is 12.7 Å². The van der Waals surface area contributed by atoms with E-state index in [0.29, 0.717) is 18.8 Å². The van der Waals surface area contributed by atoms with Crippen LogP contribution in [0.15, 0.2) is 12.3 Å². The monoisotopic (exact) mass is 351 g/mol. The topological polar surface area (TPSA) is 83.9 Å². The number of carbonyl (C=O) groups excluding carboxylic acids is 3. The second-order valence-corrected chi connectivity index (χ2v) is 7.86. The van der Waals surface area contributed by atoms with Crippen LogP contribution in [0.4, 0.5) is 0 Å². The lowest BCUT2D eigenvalue weighted by molar-refractivity contribution is -0.156. The van der Waals surface area contributed by atoms with Crippen LogP contribution in [0.5, 0.6) is 0 Å². The summed E-state index contributed by atoms with van der Waals surface area (Å²) in [5, 5.41) is 10.3. The molecule has 140 valence electrons. The smallest absolute Gasteiger partial charge is 0.329 e. The molecule has 2 aliphatic rings. The first kappa shape index (κ1) is 19.6. The van der Waals surface area contributed by atoms with Crippen LogP contribution < -0.4 is 0 Å². The van der Waals surface area contributed by atoms with Gasteiger partial charge in [0.15, 0.2) is 0 Å². The number of esters is 1. The number of ether oxygens (including phenoxy) is 1. The van der Waals surface area contributed by atoms with Crippen LogP contribution in [0.25, 0.3) is 0 Å².